The van der Waals surface area contributed by atoms with E-state index in [9.17, 15) is 4.79 Å². The molecule has 0 aromatic carbocycles. The summed E-state index contributed by atoms with van der Waals surface area (Å²) in [5.74, 6) is 0.146. The summed E-state index contributed by atoms with van der Waals surface area (Å²) in [4.78, 5) is 10.3. The van der Waals surface area contributed by atoms with Crippen LogP contribution in [0.1, 0.15) is 26.7 Å². The molecule has 0 amide bonds. The van der Waals surface area contributed by atoms with Crippen molar-refractivity contribution < 1.29 is 9.90 Å². The molecule has 2 heteroatoms. The van der Waals surface area contributed by atoms with Crippen LogP contribution in [0.15, 0.2) is 23.8 Å². The second-order valence-corrected chi connectivity index (χ2v) is 3.89. The largest absolute Gasteiger partial charge is 0.478 e. The molecule has 0 aliphatic heterocycles. The molecule has 2 nitrogen and oxygen atoms in total. The smallest absolute Gasteiger partial charge is 0.327 e. The molecular formula is C11H16O2. The monoisotopic (exact) mass is 180 g/mol. The van der Waals surface area contributed by atoms with Crippen molar-refractivity contribution in [3.05, 3.63) is 23.8 Å². The van der Waals surface area contributed by atoms with Gasteiger partial charge in [0, 0.05) is 6.08 Å². The Kier molecular flexibility index (Phi) is 3.29. The van der Waals surface area contributed by atoms with Crippen molar-refractivity contribution in [1.82, 2.24) is 0 Å². The molecule has 0 radical (unpaired) electrons. The molecule has 0 saturated heterocycles. The van der Waals surface area contributed by atoms with Crippen LogP contribution in [0.2, 0.25) is 0 Å². The third kappa shape index (κ3) is 3.45. The molecule has 0 saturated carbocycles. The van der Waals surface area contributed by atoms with Crippen LogP contribution in [0.25, 0.3) is 0 Å². The predicted octanol–water partition coefficient (Wildman–Crippen LogP) is 2.62. The lowest BCUT2D eigenvalue weighted by Gasteiger charge is -2.22. The maximum atomic E-state index is 10.3. The van der Waals surface area contributed by atoms with Crippen molar-refractivity contribution >= 4 is 5.97 Å². The molecule has 0 spiro atoms. The molecular weight excluding hydrogens is 164 g/mol. The molecule has 72 valence electrons. The summed E-state index contributed by atoms with van der Waals surface area (Å²) in [5.41, 5.74) is 1.37. The number of carboxylic acid groups (broad SMARTS) is 1. The van der Waals surface area contributed by atoms with Crippen LogP contribution >= 0.6 is 0 Å². The van der Waals surface area contributed by atoms with Gasteiger partial charge in [-0.3, -0.25) is 0 Å². The van der Waals surface area contributed by atoms with Crippen LogP contribution in [-0.4, -0.2) is 11.1 Å². The molecule has 0 fully saturated rings. The lowest BCUT2D eigenvalue weighted by Crippen LogP contribution is -2.09. The quantitative estimate of drug-likeness (QED) is 0.524. The van der Waals surface area contributed by atoms with Crippen LogP contribution in [0.5, 0.6) is 0 Å². The zero-order valence-electron chi connectivity index (χ0n) is 8.16. The van der Waals surface area contributed by atoms with Crippen LogP contribution in [0.4, 0.5) is 0 Å². The van der Waals surface area contributed by atoms with E-state index in [0.717, 1.165) is 12.8 Å². The summed E-state index contributed by atoms with van der Waals surface area (Å²) in [7, 11) is 0. The van der Waals surface area contributed by atoms with E-state index < -0.39 is 5.97 Å². The number of hydrogen-bond donors (Lipinski definition) is 1. The normalized spacial score (nSPS) is 28.9. The van der Waals surface area contributed by atoms with E-state index in [0.29, 0.717) is 11.8 Å². The van der Waals surface area contributed by atoms with E-state index in [4.69, 9.17) is 5.11 Å². The van der Waals surface area contributed by atoms with Crippen molar-refractivity contribution in [3.63, 3.8) is 0 Å². The van der Waals surface area contributed by atoms with E-state index in [1.807, 2.05) is 6.08 Å². The molecule has 1 aliphatic carbocycles. The van der Waals surface area contributed by atoms with Crippen molar-refractivity contribution in [2.75, 3.05) is 0 Å². The first kappa shape index (κ1) is 10.0. The fourth-order valence-corrected chi connectivity index (χ4v) is 1.96. The van der Waals surface area contributed by atoms with Gasteiger partial charge in [0.25, 0.3) is 0 Å². The van der Waals surface area contributed by atoms with Gasteiger partial charge in [-0.25, -0.2) is 4.79 Å². The summed E-state index contributed by atoms with van der Waals surface area (Å²) in [6.45, 7) is 4.28. The summed E-state index contributed by atoms with van der Waals surface area (Å²) in [5, 5.41) is 8.47. The van der Waals surface area contributed by atoms with Gasteiger partial charge in [0.05, 0.1) is 0 Å². The van der Waals surface area contributed by atoms with Gasteiger partial charge in [-0.2, -0.15) is 0 Å². The topological polar surface area (TPSA) is 37.3 Å². The van der Waals surface area contributed by atoms with Gasteiger partial charge in [-0.05, 0) is 31.6 Å². The number of carboxylic acids is 1. The summed E-state index contributed by atoms with van der Waals surface area (Å²) >= 11 is 0. The molecule has 0 bridgehead atoms. The Labute approximate surface area is 79.0 Å². The van der Waals surface area contributed by atoms with Gasteiger partial charge in [0.2, 0.25) is 0 Å². The summed E-state index contributed by atoms with van der Waals surface area (Å²) < 4.78 is 0. The second kappa shape index (κ2) is 4.26. The number of allylic oxidation sites excluding steroid dienone is 3. The standard InChI is InChI=1S/C11H16O2/c1-8-5-9(2)7-10(6-8)3-4-11(12)13/h3-5,8,10H,6-7H2,1-2H3,(H,12,13)/b4-3+/t8-,10-/m1/s1. The maximum absolute atomic E-state index is 10.3. The van der Waals surface area contributed by atoms with E-state index in [2.05, 4.69) is 19.9 Å². The Morgan fingerprint density at radius 2 is 2.38 bits per heavy atom. The predicted molar refractivity (Wildman–Crippen MR) is 52.4 cm³/mol. The van der Waals surface area contributed by atoms with Crippen LogP contribution < -0.4 is 0 Å². The minimum Gasteiger partial charge on any atom is -0.478 e. The van der Waals surface area contributed by atoms with E-state index >= 15 is 0 Å². The summed E-state index contributed by atoms with van der Waals surface area (Å²) in [6.07, 6.45) is 7.42. The highest BCUT2D eigenvalue weighted by Crippen LogP contribution is 2.28. The van der Waals surface area contributed by atoms with Gasteiger partial charge >= 0.3 is 5.97 Å². The zero-order chi connectivity index (χ0) is 9.84. The first-order chi connectivity index (χ1) is 6.08. The Morgan fingerprint density at radius 3 is 2.92 bits per heavy atom. The lowest BCUT2D eigenvalue weighted by atomic mass is 9.83. The minimum absolute atomic E-state index is 0.413. The van der Waals surface area contributed by atoms with Gasteiger partial charge in [0.15, 0.2) is 0 Å². The fraction of sp³-hybridized carbons (Fsp3) is 0.545. The number of hydrogen-bond acceptors (Lipinski definition) is 1. The number of carbonyl (C=O) groups is 1. The molecule has 0 aromatic rings. The molecule has 0 heterocycles. The molecule has 0 aromatic heterocycles. The molecule has 1 rings (SSSR count). The fourth-order valence-electron chi connectivity index (χ4n) is 1.96. The Morgan fingerprint density at radius 1 is 1.69 bits per heavy atom. The van der Waals surface area contributed by atoms with Crippen molar-refractivity contribution in [3.8, 4) is 0 Å². The summed E-state index contributed by atoms with van der Waals surface area (Å²) in [6, 6.07) is 0. The van der Waals surface area contributed by atoms with Crippen molar-refractivity contribution in [2.24, 2.45) is 11.8 Å². The molecule has 1 aliphatic rings. The van der Waals surface area contributed by atoms with E-state index in [1.54, 1.807) is 0 Å². The van der Waals surface area contributed by atoms with Gasteiger partial charge in [-0.15, -0.1) is 0 Å². The van der Waals surface area contributed by atoms with Gasteiger partial charge in [0.1, 0.15) is 0 Å². The van der Waals surface area contributed by atoms with Crippen LogP contribution in [0.3, 0.4) is 0 Å². The Hall–Kier alpha value is -1.05. The highest BCUT2D eigenvalue weighted by Gasteiger charge is 2.15. The SMILES string of the molecule is CC1=C[C@@H](C)C[C@@H](/C=C/C(=O)O)C1. The van der Waals surface area contributed by atoms with Crippen molar-refractivity contribution in [2.45, 2.75) is 26.7 Å². The van der Waals surface area contributed by atoms with Crippen LogP contribution in [-0.2, 0) is 4.79 Å². The average molecular weight is 180 g/mol. The van der Waals surface area contributed by atoms with E-state index in [1.165, 1.54) is 11.6 Å². The zero-order valence-corrected chi connectivity index (χ0v) is 8.16. The number of aliphatic carboxylic acids is 1. The minimum atomic E-state index is -0.847. The van der Waals surface area contributed by atoms with E-state index in [-0.39, 0.29) is 0 Å². The van der Waals surface area contributed by atoms with Crippen molar-refractivity contribution in [1.29, 1.82) is 0 Å². The molecule has 1 N–H and O–H groups in total. The Balaban J connectivity index is 2.55. The van der Waals surface area contributed by atoms with Crippen LogP contribution in [0, 0.1) is 11.8 Å². The number of rotatable bonds is 2. The third-order valence-corrected chi connectivity index (χ3v) is 2.34. The second-order valence-electron chi connectivity index (χ2n) is 3.89. The average Bonchev–Trinajstić information content (AvgIpc) is 1.99. The first-order valence-corrected chi connectivity index (χ1v) is 4.66. The highest BCUT2D eigenvalue weighted by atomic mass is 16.4. The highest BCUT2D eigenvalue weighted by molar-refractivity contribution is 5.79. The molecule has 2 atom stereocenters. The lowest BCUT2D eigenvalue weighted by molar-refractivity contribution is -0.131. The third-order valence-electron chi connectivity index (χ3n) is 2.34. The maximum Gasteiger partial charge on any atom is 0.327 e. The van der Waals surface area contributed by atoms with Gasteiger partial charge in [-0.1, -0.05) is 24.6 Å². The molecule has 13 heavy (non-hydrogen) atoms. The van der Waals surface area contributed by atoms with Gasteiger partial charge < -0.3 is 5.11 Å². The first-order valence-electron chi connectivity index (χ1n) is 4.66. The Bertz CT molecular complexity index is 251. The molecule has 0 unspecified atom stereocenters.